The molecule has 3 rings (SSSR count). The molecule has 2 aliphatic heterocycles. The quantitative estimate of drug-likeness (QED) is 0.782. The van der Waals surface area contributed by atoms with E-state index in [1.165, 1.54) is 0 Å². The summed E-state index contributed by atoms with van der Waals surface area (Å²) in [5.74, 6) is 0. The molecule has 2 saturated heterocycles. The Balaban J connectivity index is 1.83. The van der Waals surface area contributed by atoms with Crippen LogP contribution in [0, 0.1) is 0 Å². The zero-order chi connectivity index (χ0) is 15.8. The van der Waals surface area contributed by atoms with Gasteiger partial charge in [-0.1, -0.05) is 30.3 Å². The van der Waals surface area contributed by atoms with E-state index in [0.717, 1.165) is 31.4 Å². The Kier molecular flexibility index (Phi) is 3.89. The molecule has 0 spiro atoms. The lowest BCUT2D eigenvalue weighted by atomic mass is 9.85. The van der Waals surface area contributed by atoms with Crippen LogP contribution in [0.25, 0.3) is 0 Å². The van der Waals surface area contributed by atoms with Crippen LogP contribution in [0.1, 0.15) is 45.6 Å². The van der Waals surface area contributed by atoms with Gasteiger partial charge in [0.05, 0.1) is 12.6 Å². The fraction of sp³-hybridized carbons (Fsp3) is 0.611. The number of likely N-dealkylation sites (tertiary alicyclic amines) is 1. The maximum atomic E-state index is 12.6. The first-order valence-electron chi connectivity index (χ1n) is 8.11. The molecule has 4 nitrogen and oxygen atoms in total. The number of amides is 1. The van der Waals surface area contributed by atoms with Crippen molar-refractivity contribution in [2.75, 3.05) is 13.2 Å². The number of ether oxygens (including phenoxy) is 2. The third-order valence-electron chi connectivity index (χ3n) is 4.39. The highest BCUT2D eigenvalue weighted by atomic mass is 16.6. The van der Waals surface area contributed by atoms with Crippen molar-refractivity contribution in [3.05, 3.63) is 35.9 Å². The van der Waals surface area contributed by atoms with Crippen LogP contribution < -0.4 is 0 Å². The number of rotatable bonds is 2. The maximum absolute atomic E-state index is 12.6. The first kappa shape index (κ1) is 15.3. The molecule has 4 heteroatoms. The highest BCUT2D eigenvalue weighted by Crippen LogP contribution is 2.47. The van der Waals surface area contributed by atoms with E-state index in [1.807, 2.05) is 43.9 Å². The fourth-order valence-electron chi connectivity index (χ4n) is 3.30. The minimum absolute atomic E-state index is 0.0681. The summed E-state index contributed by atoms with van der Waals surface area (Å²) in [5.41, 5.74) is 0.359. The molecule has 2 atom stereocenters. The molecular formula is C18H25NO3. The molecule has 2 fully saturated rings. The van der Waals surface area contributed by atoms with Crippen LogP contribution in [0.2, 0.25) is 0 Å². The number of carbonyl (C=O) groups is 1. The fourth-order valence-corrected chi connectivity index (χ4v) is 3.30. The summed E-state index contributed by atoms with van der Waals surface area (Å²) in [6, 6.07) is 10.3. The summed E-state index contributed by atoms with van der Waals surface area (Å²) >= 11 is 0. The highest BCUT2D eigenvalue weighted by Gasteiger charge is 2.56. The summed E-state index contributed by atoms with van der Waals surface area (Å²) in [6.07, 6.45) is 2.90. The van der Waals surface area contributed by atoms with Crippen molar-refractivity contribution in [3.63, 3.8) is 0 Å². The second-order valence-electron chi connectivity index (χ2n) is 7.23. The first-order valence-corrected chi connectivity index (χ1v) is 8.11. The Hall–Kier alpha value is -1.55. The Labute approximate surface area is 132 Å². The largest absolute Gasteiger partial charge is 0.444 e. The Morgan fingerprint density at radius 3 is 2.55 bits per heavy atom. The lowest BCUT2D eigenvalue weighted by Gasteiger charge is -2.39. The van der Waals surface area contributed by atoms with E-state index >= 15 is 0 Å². The molecule has 0 unspecified atom stereocenters. The molecule has 1 aromatic carbocycles. The van der Waals surface area contributed by atoms with E-state index < -0.39 is 5.60 Å². The summed E-state index contributed by atoms with van der Waals surface area (Å²) in [5, 5.41) is 0. The van der Waals surface area contributed by atoms with Gasteiger partial charge in [0.2, 0.25) is 0 Å². The molecule has 2 heterocycles. The van der Waals surface area contributed by atoms with Gasteiger partial charge < -0.3 is 14.4 Å². The molecule has 0 bridgehead atoms. The van der Waals surface area contributed by atoms with Gasteiger partial charge in [0.15, 0.2) is 0 Å². The van der Waals surface area contributed by atoms with Gasteiger partial charge >= 0.3 is 6.09 Å². The number of epoxide rings is 1. The van der Waals surface area contributed by atoms with E-state index in [2.05, 4.69) is 12.1 Å². The van der Waals surface area contributed by atoms with Crippen LogP contribution in [-0.4, -0.2) is 35.8 Å². The lowest BCUT2D eigenvalue weighted by Crippen LogP contribution is -2.51. The van der Waals surface area contributed by atoms with Gasteiger partial charge in [-0.05, 0) is 45.6 Å². The molecular weight excluding hydrogens is 278 g/mol. The predicted molar refractivity (Wildman–Crippen MR) is 84.7 cm³/mol. The van der Waals surface area contributed by atoms with Gasteiger partial charge in [-0.2, -0.15) is 0 Å². The van der Waals surface area contributed by atoms with Gasteiger partial charge in [-0.15, -0.1) is 0 Å². The van der Waals surface area contributed by atoms with Gasteiger partial charge in [-0.3, -0.25) is 0 Å². The van der Waals surface area contributed by atoms with Gasteiger partial charge in [-0.25, -0.2) is 4.79 Å². The molecule has 1 amide bonds. The van der Waals surface area contributed by atoms with Crippen LogP contribution >= 0.6 is 0 Å². The van der Waals surface area contributed by atoms with Crippen molar-refractivity contribution in [1.29, 1.82) is 0 Å². The number of hydrogen-bond donors (Lipinski definition) is 0. The standard InChI is InChI=1S/C18H25NO3/c1-17(2,3)22-16(20)19-12-8-7-11-15(19)18(13-21-18)14-9-5-4-6-10-14/h4-6,9-10,15H,7-8,11-13H2,1-3H3/t15-,18+/m0/s1. The van der Waals surface area contributed by atoms with E-state index in [0.29, 0.717) is 6.61 Å². The van der Waals surface area contributed by atoms with Gasteiger partial charge in [0.1, 0.15) is 11.2 Å². The topological polar surface area (TPSA) is 42.1 Å². The number of piperidine rings is 1. The van der Waals surface area contributed by atoms with Crippen LogP contribution in [0.4, 0.5) is 4.79 Å². The predicted octanol–water partition coefficient (Wildman–Crippen LogP) is 3.70. The van der Waals surface area contributed by atoms with Crippen LogP contribution in [-0.2, 0) is 15.1 Å². The number of carbonyl (C=O) groups excluding carboxylic acids is 1. The third-order valence-corrected chi connectivity index (χ3v) is 4.39. The maximum Gasteiger partial charge on any atom is 0.410 e. The molecule has 2 aliphatic rings. The van der Waals surface area contributed by atoms with Crippen LogP contribution in [0.15, 0.2) is 30.3 Å². The smallest absolute Gasteiger partial charge is 0.410 e. The minimum atomic E-state index is -0.469. The molecule has 0 saturated carbocycles. The lowest BCUT2D eigenvalue weighted by molar-refractivity contribution is -0.00370. The summed E-state index contributed by atoms with van der Waals surface area (Å²) in [4.78, 5) is 14.5. The SMILES string of the molecule is CC(C)(C)OC(=O)N1CCCC[C@H]1[C@]1(c2ccccc2)CO1. The van der Waals surface area contributed by atoms with E-state index in [9.17, 15) is 4.79 Å². The van der Waals surface area contributed by atoms with Crippen LogP contribution in [0.5, 0.6) is 0 Å². The van der Waals surface area contributed by atoms with E-state index in [4.69, 9.17) is 9.47 Å². The van der Waals surface area contributed by atoms with Crippen molar-refractivity contribution < 1.29 is 14.3 Å². The van der Waals surface area contributed by atoms with Gasteiger partial charge in [0, 0.05) is 6.54 Å². The summed E-state index contributed by atoms with van der Waals surface area (Å²) in [6.45, 7) is 7.15. The Morgan fingerprint density at radius 2 is 1.95 bits per heavy atom. The van der Waals surface area contributed by atoms with Gasteiger partial charge in [0.25, 0.3) is 0 Å². The van der Waals surface area contributed by atoms with Crippen molar-refractivity contribution in [1.82, 2.24) is 4.90 Å². The Morgan fingerprint density at radius 1 is 1.27 bits per heavy atom. The summed E-state index contributed by atoms with van der Waals surface area (Å²) in [7, 11) is 0. The monoisotopic (exact) mass is 303 g/mol. The van der Waals surface area contributed by atoms with Crippen molar-refractivity contribution >= 4 is 6.09 Å². The number of nitrogens with zero attached hydrogens (tertiary/aromatic N) is 1. The average Bonchev–Trinajstić information content (AvgIpc) is 3.28. The molecule has 0 N–H and O–H groups in total. The van der Waals surface area contributed by atoms with E-state index in [1.54, 1.807) is 0 Å². The van der Waals surface area contributed by atoms with Crippen molar-refractivity contribution in [3.8, 4) is 0 Å². The normalized spacial score (nSPS) is 28.3. The zero-order valence-corrected chi connectivity index (χ0v) is 13.7. The minimum Gasteiger partial charge on any atom is -0.444 e. The van der Waals surface area contributed by atoms with E-state index in [-0.39, 0.29) is 17.7 Å². The first-order chi connectivity index (χ1) is 10.4. The van der Waals surface area contributed by atoms with Crippen molar-refractivity contribution in [2.24, 2.45) is 0 Å². The average molecular weight is 303 g/mol. The molecule has 1 aromatic rings. The Bertz CT molecular complexity index is 531. The molecule has 120 valence electrons. The number of hydrogen-bond acceptors (Lipinski definition) is 3. The van der Waals surface area contributed by atoms with Crippen molar-refractivity contribution in [2.45, 2.75) is 57.3 Å². The van der Waals surface area contributed by atoms with Crippen LogP contribution in [0.3, 0.4) is 0 Å². The second kappa shape index (κ2) is 5.58. The molecule has 0 aliphatic carbocycles. The molecule has 0 aromatic heterocycles. The number of benzene rings is 1. The molecule has 22 heavy (non-hydrogen) atoms. The third kappa shape index (κ3) is 2.98. The summed E-state index contributed by atoms with van der Waals surface area (Å²) < 4.78 is 11.5. The second-order valence-corrected chi connectivity index (χ2v) is 7.23. The molecule has 0 radical (unpaired) electrons. The highest BCUT2D eigenvalue weighted by molar-refractivity contribution is 5.69. The zero-order valence-electron chi connectivity index (χ0n) is 13.7.